The number of piperidine rings is 1. The molecule has 0 spiro atoms. The van der Waals surface area contributed by atoms with Gasteiger partial charge < -0.3 is 24.5 Å². The van der Waals surface area contributed by atoms with Crippen molar-refractivity contribution in [3.8, 4) is 11.5 Å². The summed E-state index contributed by atoms with van der Waals surface area (Å²) >= 11 is 0. The van der Waals surface area contributed by atoms with Gasteiger partial charge in [-0.3, -0.25) is 38.9 Å². The van der Waals surface area contributed by atoms with E-state index in [4.69, 9.17) is 13.9 Å². The number of nitrogens with zero attached hydrogens (tertiary/aromatic N) is 5. The van der Waals surface area contributed by atoms with Gasteiger partial charge in [0.05, 0.1) is 22.5 Å². The van der Waals surface area contributed by atoms with Crippen LogP contribution in [0.3, 0.4) is 0 Å². The Kier molecular flexibility index (Phi) is 14.2. The van der Waals surface area contributed by atoms with Gasteiger partial charge in [-0.2, -0.15) is 18.3 Å². The van der Waals surface area contributed by atoms with Gasteiger partial charge in [0.1, 0.15) is 24.7 Å². The van der Waals surface area contributed by atoms with Crippen molar-refractivity contribution in [1.82, 2.24) is 30.0 Å². The number of benzene rings is 1. The summed E-state index contributed by atoms with van der Waals surface area (Å²) in [5, 5.41) is 11.7. The molecule has 59 heavy (non-hydrogen) atoms. The highest BCUT2D eigenvalue weighted by Crippen LogP contribution is 2.31. The maximum atomic E-state index is 13.3. The van der Waals surface area contributed by atoms with E-state index in [0.29, 0.717) is 61.8 Å². The first-order valence-corrected chi connectivity index (χ1v) is 19.4. The van der Waals surface area contributed by atoms with Crippen molar-refractivity contribution in [2.45, 2.75) is 76.4 Å². The molecule has 16 nitrogen and oxygen atoms in total. The van der Waals surface area contributed by atoms with E-state index < -0.39 is 48.3 Å². The van der Waals surface area contributed by atoms with E-state index in [2.05, 4.69) is 31.0 Å². The van der Waals surface area contributed by atoms with Gasteiger partial charge in [-0.1, -0.05) is 18.6 Å². The summed E-state index contributed by atoms with van der Waals surface area (Å²) in [6.07, 6.45) is 5.97. The molecule has 5 heterocycles. The number of halogens is 3. The van der Waals surface area contributed by atoms with Crippen LogP contribution >= 0.6 is 0 Å². The summed E-state index contributed by atoms with van der Waals surface area (Å²) in [6.45, 7) is 1.00. The first-order valence-electron chi connectivity index (χ1n) is 19.4. The SMILES string of the molecule is Cn1cc(NC(=O)c2coc(-c3ccnc(NCC(F)(F)F)c3)n2)c(CCCCCOCCCOCCCCc2cccc3c2C(=O)N(C2CCC(=O)NC2=O)C3=O)n1. The molecule has 1 saturated heterocycles. The number of ether oxygens (including phenoxy) is 2. The standard InChI is InChI=1S/C40H45F3N8O8/c1-50-22-29(46-35(53)30-23-59-37(47-30)26-15-16-44-32(21-26)45-24-40(41,42)43)28(49-50)12-3-2-5-17-57-19-8-20-58-18-6-4-9-25-10-7-11-27-34(25)39(56)51(38(27)55)31-13-14-33(52)48-36(31)54/h7,10-11,15-16,21-23,31H,2-6,8-9,12-14,17-20,24H2,1H3,(H,44,45)(H,46,53)(H,48,52,54). The third-order valence-corrected chi connectivity index (χ3v) is 9.69. The number of aryl methyl sites for hydroxylation is 3. The van der Waals surface area contributed by atoms with Crippen LogP contribution in [-0.4, -0.2) is 99.4 Å². The number of carbonyl (C=O) groups excluding carboxylic acids is 5. The molecule has 3 aromatic heterocycles. The smallest absolute Gasteiger partial charge is 0.405 e. The van der Waals surface area contributed by atoms with Crippen LogP contribution in [0.1, 0.15) is 93.8 Å². The van der Waals surface area contributed by atoms with Crippen LogP contribution in [0.25, 0.3) is 11.5 Å². The van der Waals surface area contributed by atoms with Crippen LogP contribution < -0.4 is 16.0 Å². The van der Waals surface area contributed by atoms with Crippen molar-refractivity contribution in [2.75, 3.05) is 43.6 Å². The average molecular weight is 823 g/mol. The number of rotatable bonds is 21. The summed E-state index contributed by atoms with van der Waals surface area (Å²) in [5.41, 5.74) is 2.96. The van der Waals surface area contributed by atoms with E-state index >= 15 is 0 Å². The minimum Gasteiger partial charge on any atom is -0.444 e. The molecule has 1 fully saturated rings. The summed E-state index contributed by atoms with van der Waals surface area (Å²) in [7, 11) is 1.75. The predicted octanol–water partition coefficient (Wildman–Crippen LogP) is 5.26. The summed E-state index contributed by atoms with van der Waals surface area (Å²) in [4.78, 5) is 72.3. The van der Waals surface area contributed by atoms with E-state index in [1.165, 1.54) is 24.6 Å². The summed E-state index contributed by atoms with van der Waals surface area (Å²) in [6, 6.07) is 7.02. The molecular weight excluding hydrogens is 777 g/mol. The van der Waals surface area contributed by atoms with Crippen molar-refractivity contribution in [3.05, 3.63) is 77.1 Å². The second-order valence-electron chi connectivity index (χ2n) is 14.2. The van der Waals surface area contributed by atoms with Crippen molar-refractivity contribution < 1.29 is 51.0 Å². The highest BCUT2D eigenvalue weighted by atomic mass is 19.4. The van der Waals surface area contributed by atoms with Crippen LogP contribution in [0.5, 0.6) is 0 Å². The Hall–Kier alpha value is -5.95. The zero-order valence-electron chi connectivity index (χ0n) is 32.4. The quantitative estimate of drug-likeness (QED) is 0.0729. The molecule has 4 aromatic rings. The molecule has 2 aliphatic rings. The number of imide groups is 2. The second-order valence-corrected chi connectivity index (χ2v) is 14.2. The van der Waals surface area contributed by atoms with Gasteiger partial charge in [-0.15, -0.1) is 0 Å². The van der Waals surface area contributed by atoms with Gasteiger partial charge in [0.2, 0.25) is 17.7 Å². The number of alkyl halides is 3. The number of amides is 5. The molecule has 2 aliphatic heterocycles. The second kappa shape index (κ2) is 19.7. The van der Waals surface area contributed by atoms with Gasteiger partial charge >= 0.3 is 6.18 Å². The molecule has 314 valence electrons. The monoisotopic (exact) mass is 822 g/mol. The Morgan fingerprint density at radius 2 is 1.71 bits per heavy atom. The van der Waals surface area contributed by atoms with Crippen molar-refractivity contribution in [2.24, 2.45) is 7.05 Å². The average Bonchev–Trinajstić information content (AvgIpc) is 3.90. The maximum Gasteiger partial charge on any atom is 0.405 e. The number of pyridine rings is 1. The Labute approximate surface area is 337 Å². The molecule has 0 aliphatic carbocycles. The van der Waals surface area contributed by atoms with Crippen LogP contribution in [0.2, 0.25) is 0 Å². The Morgan fingerprint density at radius 3 is 2.47 bits per heavy atom. The lowest BCUT2D eigenvalue weighted by molar-refractivity contribution is -0.136. The molecule has 6 rings (SSSR count). The fraction of sp³-hybridized carbons (Fsp3) is 0.450. The zero-order chi connectivity index (χ0) is 41.9. The molecule has 0 radical (unpaired) electrons. The lowest BCUT2D eigenvalue weighted by Crippen LogP contribution is -2.54. The van der Waals surface area contributed by atoms with E-state index in [0.717, 1.165) is 49.0 Å². The number of carbonyl (C=O) groups is 5. The van der Waals surface area contributed by atoms with Gasteiger partial charge in [-0.05, 0) is 75.1 Å². The van der Waals surface area contributed by atoms with Crippen LogP contribution in [0, 0.1) is 0 Å². The lowest BCUT2D eigenvalue weighted by Gasteiger charge is -2.27. The van der Waals surface area contributed by atoms with Crippen LogP contribution in [0.4, 0.5) is 24.7 Å². The number of oxazole rings is 1. The highest BCUT2D eigenvalue weighted by Gasteiger charge is 2.45. The van der Waals surface area contributed by atoms with Crippen molar-refractivity contribution >= 4 is 41.0 Å². The first-order chi connectivity index (χ1) is 28.4. The van der Waals surface area contributed by atoms with Gasteiger partial charge in [-0.25, -0.2) is 9.97 Å². The van der Waals surface area contributed by atoms with E-state index in [-0.39, 0.29) is 35.8 Å². The van der Waals surface area contributed by atoms with Gasteiger partial charge in [0.15, 0.2) is 5.69 Å². The molecule has 1 unspecified atom stereocenters. The molecule has 19 heteroatoms. The normalized spacial score (nSPS) is 15.5. The van der Waals surface area contributed by atoms with Crippen LogP contribution in [0.15, 0.2) is 53.4 Å². The third-order valence-electron chi connectivity index (χ3n) is 9.69. The fourth-order valence-corrected chi connectivity index (χ4v) is 6.82. The Balaban J connectivity index is 0.819. The molecule has 3 N–H and O–H groups in total. The number of anilines is 2. The molecule has 5 amide bonds. The van der Waals surface area contributed by atoms with E-state index in [1.807, 2.05) is 6.07 Å². The minimum absolute atomic E-state index is 0.00834. The van der Waals surface area contributed by atoms with Gasteiger partial charge in [0.25, 0.3) is 17.7 Å². The van der Waals surface area contributed by atoms with Crippen LogP contribution in [-0.2, 0) is 39.0 Å². The lowest BCUT2D eigenvalue weighted by atomic mass is 9.98. The Morgan fingerprint density at radius 1 is 0.966 bits per heavy atom. The predicted molar refractivity (Wildman–Crippen MR) is 205 cm³/mol. The summed E-state index contributed by atoms with van der Waals surface area (Å²) < 4.78 is 56.3. The Bertz CT molecular complexity index is 2150. The van der Waals surface area contributed by atoms with Crippen molar-refractivity contribution in [3.63, 3.8) is 0 Å². The molecule has 0 bridgehead atoms. The molecular formula is C40H45F3N8O8. The number of unbranched alkanes of at least 4 members (excludes halogenated alkanes) is 3. The molecule has 1 aromatic carbocycles. The number of fused-ring (bicyclic) bond motifs is 1. The molecule has 0 saturated carbocycles. The zero-order valence-corrected chi connectivity index (χ0v) is 32.4. The number of hydrogen-bond acceptors (Lipinski definition) is 12. The number of aromatic nitrogens is 4. The molecule has 1 atom stereocenters. The minimum atomic E-state index is -4.41. The topological polar surface area (TPSA) is 200 Å². The number of nitrogens with one attached hydrogen (secondary N) is 3. The van der Waals surface area contributed by atoms with Crippen molar-refractivity contribution in [1.29, 1.82) is 0 Å². The first kappa shape index (κ1) is 42.7. The maximum absolute atomic E-state index is 13.3. The third kappa shape index (κ3) is 11.4. The highest BCUT2D eigenvalue weighted by molar-refractivity contribution is 6.24. The fourth-order valence-electron chi connectivity index (χ4n) is 6.82. The number of hydrogen-bond donors (Lipinski definition) is 3. The van der Waals surface area contributed by atoms with E-state index in [1.54, 1.807) is 30.1 Å². The van der Waals surface area contributed by atoms with E-state index in [9.17, 15) is 37.1 Å². The summed E-state index contributed by atoms with van der Waals surface area (Å²) in [5.74, 6) is -2.53. The van der Waals surface area contributed by atoms with Gasteiger partial charge in [0, 0.05) is 57.9 Å². The largest absolute Gasteiger partial charge is 0.444 e.